The maximum Gasteiger partial charge on any atom is 0.391 e. The number of carboxylic acids is 1. The minimum absolute atomic E-state index is 0.00603. The zero-order chi connectivity index (χ0) is 16.0. The van der Waals surface area contributed by atoms with Gasteiger partial charge in [0.2, 0.25) is 5.91 Å². The molecule has 1 atom stereocenters. The summed E-state index contributed by atoms with van der Waals surface area (Å²) in [5.74, 6) is -2.98. The Balaban J connectivity index is 2.35. The molecule has 2 N–H and O–H groups in total. The van der Waals surface area contributed by atoms with Gasteiger partial charge in [-0.1, -0.05) is 13.3 Å². The summed E-state index contributed by atoms with van der Waals surface area (Å²) in [4.78, 5) is 22.5. The van der Waals surface area contributed by atoms with Crippen molar-refractivity contribution in [1.29, 1.82) is 0 Å². The third-order valence-electron chi connectivity index (χ3n) is 4.17. The summed E-state index contributed by atoms with van der Waals surface area (Å²) >= 11 is 0. The molecule has 4 nitrogen and oxygen atoms in total. The molecule has 0 saturated heterocycles. The second-order valence-electron chi connectivity index (χ2n) is 5.71. The third kappa shape index (κ3) is 5.93. The summed E-state index contributed by atoms with van der Waals surface area (Å²) in [5.41, 5.74) is 0. The van der Waals surface area contributed by atoms with Gasteiger partial charge in [0.25, 0.3) is 0 Å². The van der Waals surface area contributed by atoms with E-state index < -0.39 is 18.1 Å². The summed E-state index contributed by atoms with van der Waals surface area (Å²) in [7, 11) is 0. The van der Waals surface area contributed by atoms with Gasteiger partial charge in [-0.2, -0.15) is 13.2 Å². The summed E-state index contributed by atoms with van der Waals surface area (Å²) in [5, 5.41) is 11.4. The third-order valence-corrected chi connectivity index (χ3v) is 4.17. The molecule has 0 spiro atoms. The van der Waals surface area contributed by atoms with Gasteiger partial charge in [-0.25, -0.2) is 0 Å². The lowest BCUT2D eigenvalue weighted by atomic mass is 9.81. The Morgan fingerprint density at radius 2 is 1.81 bits per heavy atom. The highest BCUT2D eigenvalue weighted by atomic mass is 19.4. The van der Waals surface area contributed by atoms with Gasteiger partial charge in [0, 0.05) is 18.9 Å². The van der Waals surface area contributed by atoms with Gasteiger partial charge in [0.05, 0.1) is 5.92 Å². The molecule has 0 heterocycles. The van der Waals surface area contributed by atoms with Crippen LogP contribution in [-0.4, -0.2) is 29.7 Å². The Morgan fingerprint density at radius 1 is 1.24 bits per heavy atom. The van der Waals surface area contributed by atoms with Crippen LogP contribution in [-0.2, 0) is 9.59 Å². The van der Waals surface area contributed by atoms with Crippen molar-refractivity contribution in [3.05, 3.63) is 0 Å². The molecule has 21 heavy (non-hydrogen) atoms. The van der Waals surface area contributed by atoms with Gasteiger partial charge in [0.1, 0.15) is 0 Å². The van der Waals surface area contributed by atoms with Gasteiger partial charge < -0.3 is 10.4 Å². The molecular weight excluding hydrogens is 287 g/mol. The van der Waals surface area contributed by atoms with Crippen molar-refractivity contribution in [1.82, 2.24) is 5.32 Å². The highest BCUT2D eigenvalue weighted by Crippen LogP contribution is 2.39. The molecule has 1 fully saturated rings. The molecule has 1 saturated carbocycles. The fraction of sp³-hybridized carbons (Fsp3) is 0.857. The van der Waals surface area contributed by atoms with Crippen molar-refractivity contribution in [3.63, 3.8) is 0 Å². The zero-order valence-corrected chi connectivity index (χ0v) is 12.1. The fourth-order valence-corrected chi connectivity index (χ4v) is 2.68. The molecule has 0 bridgehead atoms. The van der Waals surface area contributed by atoms with Crippen molar-refractivity contribution in [3.8, 4) is 0 Å². The van der Waals surface area contributed by atoms with Crippen LogP contribution >= 0.6 is 0 Å². The average Bonchev–Trinajstić information content (AvgIpc) is 2.41. The largest absolute Gasteiger partial charge is 0.481 e. The molecule has 0 aromatic carbocycles. The number of carbonyl (C=O) groups is 2. The lowest BCUT2D eigenvalue weighted by Gasteiger charge is -2.29. The van der Waals surface area contributed by atoms with Gasteiger partial charge in [-0.3, -0.25) is 9.59 Å². The monoisotopic (exact) mass is 309 g/mol. The quantitative estimate of drug-likeness (QED) is 0.792. The van der Waals surface area contributed by atoms with Crippen LogP contribution < -0.4 is 5.32 Å². The van der Waals surface area contributed by atoms with Crippen LogP contribution in [0.2, 0.25) is 0 Å². The smallest absolute Gasteiger partial charge is 0.391 e. The standard InChI is InChI=1S/C14H22F3NO3/c1-2-9(7-12(19)20)8-18-13(21)10-3-5-11(6-4-10)14(15,16)17/h9-11H,2-8H2,1H3,(H,18,21)(H,19,20). The van der Waals surface area contributed by atoms with Crippen LogP contribution in [0.1, 0.15) is 45.4 Å². The maximum atomic E-state index is 12.5. The first-order chi connectivity index (χ1) is 9.74. The molecule has 1 aliphatic carbocycles. The molecule has 0 aromatic rings. The molecule has 1 amide bonds. The molecular formula is C14H22F3NO3. The Bertz CT molecular complexity index is 363. The summed E-state index contributed by atoms with van der Waals surface area (Å²) in [6.45, 7) is 2.11. The number of hydrogen-bond acceptors (Lipinski definition) is 2. The van der Waals surface area contributed by atoms with Crippen molar-refractivity contribution in [2.24, 2.45) is 17.8 Å². The number of carbonyl (C=O) groups excluding carboxylic acids is 1. The summed E-state index contributed by atoms with van der Waals surface area (Å²) < 4.78 is 37.6. The minimum atomic E-state index is -4.17. The topological polar surface area (TPSA) is 66.4 Å². The number of alkyl halides is 3. The zero-order valence-electron chi connectivity index (χ0n) is 12.1. The molecule has 1 aliphatic rings. The SMILES string of the molecule is CCC(CNC(=O)C1CCC(C(F)(F)F)CC1)CC(=O)O. The van der Waals surface area contributed by atoms with Gasteiger partial charge in [-0.05, 0) is 31.6 Å². The lowest BCUT2D eigenvalue weighted by molar-refractivity contribution is -0.184. The van der Waals surface area contributed by atoms with E-state index in [4.69, 9.17) is 5.11 Å². The Morgan fingerprint density at radius 3 is 2.24 bits per heavy atom. The van der Waals surface area contributed by atoms with Crippen molar-refractivity contribution in [2.75, 3.05) is 6.54 Å². The highest BCUT2D eigenvalue weighted by Gasteiger charge is 2.42. The average molecular weight is 309 g/mol. The number of hydrogen-bond donors (Lipinski definition) is 2. The normalized spacial score (nSPS) is 24.4. The Labute approximate surface area is 122 Å². The van der Waals surface area contributed by atoms with Crippen LogP contribution in [0.25, 0.3) is 0 Å². The number of halogens is 3. The first-order valence-corrected chi connectivity index (χ1v) is 7.30. The Hall–Kier alpha value is -1.27. The van der Waals surface area contributed by atoms with Crippen LogP contribution in [0.3, 0.4) is 0 Å². The highest BCUT2D eigenvalue weighted by molar-refractivity contribution is 5.78. The molecule has 7 heteroatoms. The lowest BCUT2D eigenvalue weighted by Crippen LogP contribution is -2.38. The summed E-state index contributed by atoms with van der Waals surface area (Å²) in [6.07, 6.45) is -3.08. The van der Waals surface area contributed by atoms with Gasteiger partial charge >= 0.3 is 12.1 Å². The molecule has 0 aromatic heterocycles. The number of nitrogens with one attached hydrogen (secondary N) is 1. The van der Waals surface area contributed by atoms with Crippen LogP contribution in [0, 0.1) is 17.8 Å². The number of aliphatic carboxylic acids is 1. The van der Waals surface area contributed by atoms with E-state index in [2.05, 4.69) is 5.32 Å². The van der Waals surface area contributed by atoms with Gasteiger partial charge in [-0.15, -0.1) is 0 Å². The number of rotatable bonds is 6. The second-order valence-corrected chi connectivity index (χ2v) is 5.71. The van der Waals surface area contributed by atoms with Crippen molar-refractivity contribution < 1.29 is 27.9 Å². The molecule has 122 valence electrons. The number of carboxylic acid groups (broad SMARTS) is 1. The number of amides is 1. The minimum Gasteiger partial charge on any atom is -0.481 e. The first-order valence-electron chi connectivity index (χ1n) is 7.30. The first kappa shape index (κ1) is 17.8. The molecule has 1 unspecified atom stereocenters. The van der Waals surface area contributed by atoms with E-state index in [0.717, 1.165) is 0 Å². The summed E-state index contributed by atoms with van der Waals surface area (Å²) in [6, 6.07) is 0. The molecule has 1 rings (SSSR count). The van der Waals surface area contributed by atoms with E-state index in [9.17, 15) is 22.8 Å². The maximum absolute atomic E-state index is 12.5. The second kappa shape index (κ2) is 7.66. The van der Waals surface area contributed by atoms with E-state index in [0.29, 0.717) is 6.42 Å². The van der Waals surface area contributed by atoms with E-state index in [-0.39, 0.29) is 56.4 Å². The van der Waals surface area contributed by atoms with E-state index in [1.54, 1.807) is 0 Å². The van der Waals surface area contributed by atoms with Crippen molar-refractivity contribution in [2.45, 2.75) is 51.6 Å². The molecule has 0 radical (unpaired) electrons. The van der Waals surface area contributed by atoms with Crippen LogP contribution in [0.4, 0.5) is 13.2 Å². The predicted octanol–water partition coefficient (Wildman–Crippen LogP) is 2.97. The van der Waals surface area contributed by atoms with Gasteiger partial charge in [0.15, 0.2) is 0 Å². The van der Waals surface area contributed by atoms with E-state index in [1.807, 2.05) is 6.92 Å². The fourth-order valence-electron chi connectivity index (χ4n) is 2.68. The molecule has 0 aliphatic heterocycles. The van der Waals surface area contributed by atoms with Crippen molar-refractivity contribution >= 4 is 11.9 Å². The predicted molar refractivity (Wildman–Crippen MR) is 70.5 cm³/mol. The van der Waals surface area contributed by atoms with Crippen LogP contribution in [0.5, 0.6) is 0 Å². The van der Waals surface area contributed by atoms with E-state index in [1.165, 1.54) is 0 Å². The van der Waals surface area contributed by atoms with E-state index >= 15 is 0 Å². The van der Waals surface area contributed by atoms with Crippen LogP contribution in [0.15, 0.2) is 0 Å². The Kier molecular flexibility index (Phi) is 6.48.